The van der Waals surface area contributed by atoms with Crippen molar-refractivity contribution in [3.05, 3.63) is 25.3 Å². The molecule has 0 aliphatic carbocycles. The average Bonchev–Trinajstić information content (AvgIpc) is 1.83. The van der Waals surface area contributed by atoms with Gasteiger partial charge in [-0.05, 0) is 6.92 Å². The summed E-state index contributed by atoms with van der Waals surface area (Å²) >= 11 is 0. The Morgan fingerprint density at radius 3 is 2.62 bits per heavy atom. The van der Waals surface area contributed by atoms with Crippen LogP contribution in [0.2, 0.25) is 0 Å². The van der Waals surface area contributed by atoms with Crippen molar-refractivity contribution >= 4 is 0 Å². The summed E-state index contributed by atoms with van der Waals surface area (Å²) in [5.74, 6) is 0. The summed E-state index contributed by atoms with van der Waals surface area (Å²) in [6, 6.07) is 0.396. The highest BCUT2D eigenvalue weighted by atomic mass is 14.9. The minimum Gasteiger partial charge on any atom is -0.307 e. The summed E-state index contributed by atoms with van der Waals surface area (Å²) < 4.78 is 0. The van der Waals surface area contributed by atoms with Crippen LogP contribution in [0.3, 0.4) is 0 Å². The number of rotatable bonds is 4. The number of nitrogens with one attached hydrogen (secondary N) is 1. The van der Waals surface area contributed by atoms with Crippen molar-refractivity contribution in [2.75, 3.05) is 6.54 Å². The molecular weight excluding hydrogens is 98.1 g/mol. The molecule has 8 heavy (non-hydrogen) atoms. The van der Waals surface area contributed by atoms with Gasteiger partial charge in [0, 0.05) is 12.6 Å². The van der Waals surface area contributed by atoms with Crippen molar-refractivity contribution in [1.82, 2.24) is 5.32 Å². The third-order valence-electron chi connectivity index (χ3n) is 0.938. The van der Waals surface area contributed by atoms with Crippen LogP contribution in [0.25, 0.3) is 0 Å². The second kappa shape index (κ2) is 4.60. The molecule has 46 valence electrons. The smallest absolute Gasteiger partial charge is 0.0222 e. The molecule has 1 unspecified atom stereocenters. The van der Waals surface area contributed by atoms with Crippen molar-refractivity contribution in [1.29, 1.82) is 0 Å². The van der Waals surface area contributed by atoms with Crippen LogP contribution in [-0.4, -0.2) is 12.6 Å². The Morgan fingerprint density at radius 1 is 1.62 bits per heavy atom. The molecule has 0 aliphatic heterocycles. The lowest BCUT2D eigenvalue weighted by atomic mass is 10.3. The van der Waals surface area contributed by atoms with Gasteiger partial charge in [0.2, 0.25) is 0 Å². The summed E-state index contributed by atoms with van der Waals surface area (Å²) in [5, 5.41) is 3.15. The minimum atomic E-state index is 0.396. The molecule has 0 aromatic heterocycles. The molecule has 0 saturated carbocycles. The first-order chi connectivity index (χ1) is 3.81. The van der Waals surface area contributed by atoms with Crippen molar-refractivity contribution in [3.63, 3.8) is 0 Å². The molecule has 0 heterocycles. The molecule has 0 radical (unpaired) electrons. The maximum atomic E-state index is 3.62. The predicted octanol–water partition coefficient (Wildman–Crippen LogP) is 1.34. The Morgan fingerprint density at radius 2 is 2.25 bits per heavy atom. The van der Waals surface area contributed by atoms with Gasteiger partial charge in [0.15, 0.2) is 0 Å². The van der Waals surface area contributed by atoms with E-state index in [0.29, 0.717) is 6.04 Å². The van der Waals surface area contributed by atoms with Crippen molar-refractivity contribution in [2.24, 2.45) is 0 Å². The van der Waals surface area contributed by atoms with Crippen LogP contribution in [0.1, 0.15) is 6.92 Å². The second-order valence-corrected chi connectivity index (χ2v) is 1.72. The first kappa shape index (κ1) is 7.44. The van der Waals surface area contributed by atoms with Crippen molar-refractivity contribution in [3.8, 4) is 0 Å². The Balaban J connectivity index is 3.09. The van der Waals surface area contributed by atoms with Gasteiger partial charge in [-0.1, -0.05) is 12.2 Å². The average molecular weight is 111 g/mol. The van der Waals surface area contributed by atoms with Crippen LogP contribution >= 0.6 is 0 Å². The summed E-state index contributed by atoms with van der Waals surface area (Å²) in [6.45, 7) is 10.1. The normalized spacial score (nSPS) is 12.6. The molecule has 1 atom stereocenters. The second-order valence-electron chi connectivity index (χ2n) is 1.72. The van der Waals surface area contributed by atoms with Gasteiger partial charge in [-0.15, -0.1) is 13.2 Å². The zero-order valence-electron chi connectivity index (χ0n) is 5.35. The fourth-order valence-electron chi connectivity index (χ4n) is 0.353. The van der Waals surface area contributed by atoms with Gasteiger partial charge in [0.1, 0.15) is 0 Å². The van der Waals surface area contributed by atoms with Crippen LogP contribution in [0.15, 0.2) is 25.3 Å². The van der Waals surface area contributed by atoms with Crippen LogP contribution < -0.4 is 5.32 Å². The Hall–Kier alpha value is -0.560. The van der Waals surface area contributed by atoms with E-state index >= 15 is 0 Å². The van der Waals surface area contributed by atoms with E-state index in [1.54, 1.807) is 0 Å². The molecule has 0 spiro atoms. The van der Waals surface area contributed by atoms with E-state index in [0.717, 1.165) is 6.54 Å². The zero-order valence-corrected chi connectivity index (χ0v) is 5.35. The molecule has 0 aromatic carbocycles. The third kappa shape index (κ3) is 3.62. The summed E-state index contributed by atoms with van der Waals surface area (Å²) in [7, 11) is 0. The monoisotopic (exact) mass is 111 g/mol. The lowest BCUT2D eigenvalue weighted by molar-refractivity contribution is 0.687. The van der Waals surface area contributed by atoms with Crippen LogP contribution in [0.5, 0.6) is 0 Å². The Bertz CT molecular complexity index is 76.5. The fraction of sp³-hybridized carbons (Fsp3) is 0.429. The van der Waals surface area contributed by atoms with E-state index in [1.165, 1.54) is 0 Å². The third-order valence-corrected chi connectivity index (χ3v) is 0.938. The van der Waals surface area contributed by atoms with E-state index in [-0.39, 0.29) is 0 Å². The summed E-state index contributed by atoms with van der Waals surface area (Å²) in [6.07, 6.45) is 3.70. The SMILES string of the molecule is C=CCNC(C)C=C. The molecule has 0 aliphatic rings. The highest BCUT2D eigenvalue weighted by Gasteiger charge is 1.87. The van der Waals surface area contributed by atoms with Crippen LogP contribution in [0, 0.1) is 0 Å². The van der Waals surface area contributed by atoms with E-state index in [1.807, 2.05) is 12.2 Å². The predicted molar refractivity (Wildman–Crippen MR) is 37.9 cm³/mol. The zero-order chi connectivity index (χ0) is 6.41. The van der Waals surface area contributed by atoms with E-state index in [4.69, 9.17) is 0 Å². The molecule has 0 aromatic rings. The van der Waals surface area contributed by atoms with Gasteiger partial charge in [-0.3, -0.25) is 0 Å². The van der Waals surface area contributed by atoms with Crippen LogP contribution in [-0.2, 0) is 0 Å². The quantitative estimate of drug-likeness (QED) is 0.540. The molecule has 0 fully saturated rings. The van der Waals surface area contributed by atoms with Crippen molar-refractivity contribution in [2.45, 2.75) is 13.0 Å². The van der Waals surface area contributed by atoms with Crippen molar-refractivity contribution < 1.29 is 0 Å². The van der Waals surface area contributed by atoms with Gasteiger partial charge >= 0.3 is 0 Å². The van der Waals surface area contributed by atoms with Gasteiger partial charge in [-0.25, -0.2) is 0 Å². The molecule has 0 rings (SSSR count). The van der Waals surface area contributed by atoms with E-state index in [2.05, 4.69) is 25.4 Å². The lowest BCUT2D eigenvalue weighted by Gasteiger charge is -2.03. The summed E-state index contributed by atoms with van der Waals surface area (Å²) in [4.78, 5) is 0. The van der Waals surface area contributed by atoms with Gasteiger partial charge in [-0.2, -0.15) is 0 Å². The highest BCUT2D eigenvalue weighted by Crippen LogP contribution is 1.78. The first-order valence-electron chi connectivity index (χ1n) is 2.78. The molecule has 1 nitrogen and oxygen atoms in total. The highest BCUT2D eigenvalue weighted by molar-refractivity contribution is 4.83. The van der Waals surface area contributed by atoms with Gasteiger partial charge in [0.25, 0.3) is 0 Å². The summed E-state index contributed by atoms with van der Waals surface area (Å²) in [5.41, 5.74) is 0. The maximum Gasteiger partial charge on any atom is 0.0222 e. The fourth-order valence-corrected chi connectivity index (χ4v) is 0.353. The lowest BCUT2D eigenvalue weighted by Crippen LogP contribution is -2.23. The minimum absolute atomic E-state index is 0.396. The molecule has 0 saturated heterocycles. The first-order valence-corrected chi connectivity index (χ1v) is 2.78. The molecule has 0 amide bonds. The standard InChI is InChI=1S/C7H13N/c1-4-6-8-7(3)5-2/h4-5,7-8H,1-2,6H2,3H3. The topological polar surface area (TPSA) is 12.0 Å². The number of hydrogen-bond donors (Lipinski definition) is 1. The van der Waals surface area contributed by atoms with Gasteiger partial charge < -0.3 is 5.32 Å². The molecule has 1 N–H and O–H groups in total. The van der Waals surface area contributed by atoms with Gasteiger partial charge in [0.05, 0.1) is 0 Å². The Kier molecular flexibility index (Phi) is 4.27. The van der Waals surface area contributed by atoms with Crippen LogP contribution in [0.4, 0.5) is 0 Å². The molecular formula is C7H13N. The largest absolute Gasteiger partial charge is 0.307 e. The van der Waals surface area contributed by atoms with E-state index in [9.17, 15) is 0 Å². The van der Waals surface area contributed by atoms with E-state index < -0.39 is 0 Å². The maximum absolute atomic E-state index is 3.62. The molecule has 1 heteroatoms. The number of hydrogen-bond acceptors (Lipinski definition) is 1. The Labute approximate surface area is 51.1 Å². The molecule has 0 bridgehead atoms.